The number of halogens is 3. The van der Waals surface area contributed by atoms with Gasteiger partial charge >= 0.3 is 6.16 Å². The molecule has 1 aromatic carbocycles. The third kappa shape index (κ3) is 3.49. The van der Waals surface area contributed by atoms with Crippen LogP contribution in [-0.2, 0) is 0 Å². The van der Waals surface area contributed by atoms with Crippen molar-refractivity contribution in [2.75, 3.05) is 13.1 Å². The van der Waals surface area contributed by atoms with Gasteiger partial charge in [0, 0.05) is 30.8 Å². The van der Waals surface area contributed by atoms with Crippen molar-refractivity contribution in [1.29, 1.82) is 0 Å². The van der Waals surface area contributed by atoms with Gasteiger partial charge < -0.3 is 10.2 Å². The predicted octanol–water partition coefficient (Wildman–Crippen LogP) is 2.25. The Bertz CT molecular complexity index is 508. The summed E-state index contributed by atoms with van der Waals surface area (Å²) in [6.45, 7) is 0.412. The highest BCUT2D eigenvalue weighted by Gasteiger charge is 2.24. The van der Waals surface area contributed by atoms with Gasteiger partial charge in [0.2, 0.25) is 0 Å². The number of rotatable bonds is 2. The van der Waals surface area contributed by atoms with Crippen molar-refractivity contribution in [2.45, 2.75) is 18.9 Å². The topological polar surface area (TPSA) is 49.4 Å². The first-order chi connectivity index (χ1) is 9.45. The lowest BCUT2D eigenvalue weighted by molar-refractivity contribution is 0.0914. The number of nitrogens with zero attached hydrogens (tertiary/aromatic N) is 1. The average molecular weight is 286 g/mol. The van der Waals surface area contributed by atoms with E-state index < -0.39 is 23.7 Å². The zero-order valence-electron chi connectivity index (χ0n) is 10.5. The van der Waals surface area contributed by atoms with E-state index in [0.717, 1.165) is 17.0 Å². The van der Waals surface area contributed by atoms with Crippen LogP contribution in [0.1, 0.15) is 23.2 Å². The Hall–Kier alpha value is -2.05. The maximum Gasteiger partial charge on any atom is 0.400 e. The molecule has 1 N–H and O–H groups in total. The summed E-state index contributed by atoms with van der Waals surface area (Å²) in [4.78, 5) is 23.4. The van der Waals surface area contributed by atoms with E-state index in [-0.39, 0.29) is 24.7 Å². The molecule has 0 aliphatic carbocycles. The quantitative estimate of drug-likeness (QED) is 0.669. The van der Waals surface area contributed by atoms with Crippen molar-refractivity contribution in [3.8, 4) is 0 Å². The highest BCUT2D eigenvalue weighted by atomic mass is 19.1. The fourth-order valence-corrected chi connectivity index (χ4v) is 2.15. The second-order valence-electron chi connectivity index (χ2n) is 4.65. The maximum atomic E-state index is 13.0. The third-order valence-corrected chi connectivity index (χ3v) is 3.20. The van der Waals surface area contributed by atoms with E-state index >= 15 is 0 Å². The van der Waals surface area contributed by atoms with Gasteiger partial charge in [-0.1, -0.05) is 0 Å². The molecule has 1 aromatic rings. The molecule has 7 heteroatoms. The van der Waals surface area contributed by atoms with Crippen molar-refractivity contribution < 1.29 is 22.8 Å². The minimum Gasteiger partial charge on any atom is -0.349 e. The van der Waals surface area contributed by atoms with E-state index in [1.807, 2.05) is 0 Å². The fraction of sp³-hybridized carbons (Fsp3) is 0.385. The lowest BCUT2D eigenvalue weighted by atomic mass is 10.0. The summed E-state index contributed by atoms with van der Waals surface area (Å²) in [6, 6.07) is 2.32. The number of carbonyl (C=O) groups is 2. The summed E-state index contributed by atoms with van der Waals surface area (Å²) in [5, 5.41) is 2.62. The molecule has 0 unspecified atom stereocenters. The third-order valence-electron chi connectivity index (χ3n) is 3.20. The minimum absolute atomic E-state index is 0.105. The second kappa shape index (κ2) is 5.94. The first-order valence-corrected chi connectivity index (χ1v) is 6.17. The van der Waals surface area contributed by atoms with Gasteiger partial charge in [-0.15, -0.1) is 4.39 Å². The Morgan fingerprint density at radius 2 is 1.65 bits per heavy atom. The van der Waals surface area contributed by atoms with Gasteiger partial charge in [-0.25, -0.2) is 13.6 Å². The molecule has 0 radical (unpaired) electrons. The Morgan fingerprint density at radius 3 is 2.15 bits per heavy atom. The summed E-state index contributed by atoms with van der Waals surface area (Å²) in [5.74, 6) is -2.24. The summed E-state index contributed by atoms with van der Waals surface area (Å²) in [7, 11) is 0. The largest absolute Gasteiger partial charge is 0.400 e. The van der Waals surface area contributed by atoms with Gasteiger partial charge in [0.15, 0.2) is 0 Å². The van der Waals surface area contributed by atoms with E-state index in [1.54, 1.807) is 0 Å². The molecule has 1 aliphatic rings. The van der Waals surface area contributed by atoms with Gasteiger partial charge in [-0.05, 0) is 25.0 Å². The summed E-state index contributed by atoms with van der Waals surface area (Å²) >= 11 is 0. The molecular weight excluding hydrogens is 273 g/mol. The standard InChI is InChI=1S/C13H13F3N2O2/c14-9-5-8(6-10(15)7-9)12(19)17-11-1-3-18(4-2-11)13(16)20/h5-7,11H,1-4H2,(H,17,19). The van der Waals surface area contributed by atoms with Gasteiger partial charge in [0.05, 0.1) is 0 Å². The van der Waals surface area contributed by atoms with Gasteiger partial charge in [0.1, 0.15) is 11.6 Å². The molecule has 20 heavy (non-hydrogen) atoms. The molecule has 108 valence electrons. The predicted molar refractivity (Wildman–Crippen MR) is 64.9 cm³/mol. The molecular formula is C13H13F3N2O2. The molecule has 1 aliphatic heterocycles. The molecule has 4 nitrogen and oxygen atoms in total. The van der Waals surface area contributed by atoms with Crippen LogP contribution in [0.15, 0.2) is 18.2 Å². The number of likely N-dealkylation sites (tertiary alicyclic amines) is 1. The van der Waals surface area contributed by atoms with Crippen LogP contribution < -0.4 is 5.32 Å². The van der Waals surface area contributed by atoms with Crippen LogP contribution in [0.5, 0.6) is 0 Å². The SMILES string of the molecule is O=C(NC1CCN(C(=O)F)CC1)c1cc(F)cc(F)c1. The number of amides is 2. The fourth-order valence-electron chi connectivity index (χ4n) is 2.15. The minimum atomic E-state index is -1.48. The molecule has 1 fully saturated rings. The lowest BCUT2D eigenvalue weighted by Gasteiger charge is -2.30. The number of hydrogen-bond acceptors (Lipinski definition) is 2. The molecule has 0 bridgehead atoms. The lowest BCUT2D eigenvalue weighted by Crippen LogP contribution is -2.45. The molecule has 1 heterocycles. The van der Waals surface area contributed by atoms with Crippen LogP contribution >= 0.6 is 0 Å². The van der Waals surface area contributed by atoms with Gasteiger partial charge in [-0.3, -0.25) is 4.79 Å². The van der Waals surface area contributed by atoms with Crippen LogP contribution in [0.3, 0.4) is 0 Å². The second-order valence-corrected chi connectivity index (χ2v) is 4.65. The summed E-state index contributed by atoms with van der Waals surface area (Å²) in [5.41, 5.74) is -0.105. The number of benzene rings is 1. The van der Waals surface area contributed by atoms with Gasteiger partial charge in [0.25, 0.3) is 5.91 Å². The monoisotopic (exact) mass is 286 g/mol. The smallest absolute Gasteiger partial charge is 0.349 e. The van der Waals surface area contributed by atoms with Crippen LogP contribution in [-0.4, -0.2) is 36.1 Å². The molecule has 0 atom stereocenters. The highest BCUT2D eigenvalue weighted by Crippen LogP contribution is 2.13. The number of piperidine rings is 1. The van der Waals surface area contributed by atoms with Gasteiger partial charge in [-0.2, -0.15) is 0 Å². The van der Waals surface area contributed by atoms with Crippen molar-refractivity contribution in [1.82, 2.24) is 10.2 Å². The van der Waals surface area contributed by atoms with Crippen molar-refractivity contribution in [3.63, 3.8) is 0 Å². The number of carbonyl (C=O) groups excluding carboxylic acids is 2. The zero-order valence-corrected chi connectivity index (χ0v) is 10.5. The van der Waals surface area contributed by atoms with Crippen molar-refractivity contribution >= 4 is 12.1 Å². The molecule has 2 rings (SSSR count). The van der Waals surface area contributed by atoms with E-state index in [4.69, 9.17) is 0 Å². The molecule has 0 saturated carbocycles. The van der Waals surface area contributed by atoms with E-state index in [9.17, 15) is 22.8 Å². The maximum absolute atomic E-state index is 13.0. The van der Waals surface area contributed by atoms with Crippen LogP contribution in [0.2, 0.25) is 0 Å². The first-order valence-electron chi connectivity index (χ1n) is 6.17. The van der Waals surface area contributed by atoms with Crippen LogP contribution in [0.4, 0.5) is 18.0 Å². The number of hydrogen-bond donors (Lipinski definition) is 1. The van der Waals surface area contributed by atoms with Crippen molar-refractivity contribution in [2.24, 2.45) is 0 Å². The zero-order chi connectivity index (χ0) is 14.7. The Morgan fingerprint density at radius 1 is 1.10 bits per heavy atom. The Kier molecular flexibility index (Phi) is 4.26. The van der Waals surface area contributed by atoms with Crippen LogP contribution in [0, 0.1) is 11.6 Å². The molecule has 0 spiro atoms. The van der Waals surface area contributed by atoms with E-state index in [1.165, 1.54) is 0 Å². The van der Waals surface area contributed by atoms with Crippen LogP contribution in [0.25, 0.3) is 0 Å². The molecule has 2 amide bonds. The van der Waals surface area contributed by atoms with E-state index in [2.05, 4.69) is 5.32 Å². The highest BCUT2D eigenvalue weighted by molar-refractivity contribution is 5.94. The van der Waals surface area contributed by atoms with Crippen molar-refractivity contribution in [3.05, 3.63) is 35.4 Å². The molecule has 1 saturated heterocycles. The Balaban J connectivity index is 1.94. The summed E-state index contributed by atoms with van der Waals surface area (Å²) in [6.07, 6.45) is -0.680. The average Bonchev–Trinajstić information content (AvgIpc) is 2.38. The normalized spacial score (nSPS) is 16.1. The first kappa shape index (κ1) is 14.4. The van der Waals surface area contributed by atoms with E-state index in [0.29, 0.717) is 18.9 Å². The summed E-state index contributed by atoms with van der Waals surface area (Å²) < 4.78 is 38.4. The molecule has 0 aromatic heterocycles. The number of nitrogens with one attached hydrogen (secondary N) is 1. The Labute approximate surface area is 113 Å².